The van der Waals surface area contributed by atoms with Gasteiger partial charge in [0.05, 0.1) is 13.7 Å². The minimum absolute atomic E-state index is 0.175. The molecule has 7 nitrogen and oxygen atoms in total. The van der Waals surface area contributed by atoms with Crippen LogP contribution in [0.4, 0.5) is 21.0 Å². The predicted molar refractivity (Wildman–Crippen MR) is 136 cm³/mol. The van der Waals surface area contributed by atoms with Crippen LogP contribution in [0, 0.1) is 5.92 Å². The Labute approximate surface area is 203 Å². The minimum Gasteiger partial charge on any atom is -0.496 e. The molecule has 0 saturated heterocycles. The fourth-order valence-electron chi connectivity index (χ4n) is 4.38. The molecule has 1 unspecified atom stereocenters. The van der Waals surface area contributed by atoms with Crippen molar-refractivity contribution >= 4 is 23.5 Å². The molecule has 0 saturated carbocycles. The van der Waals surface area contributed by atoms with Crippen molar-refractivity contribution in [3.05, 3.63) is 53.6 Å². The molecule has 0 aliphatic heterocycles. The van der Waals surface area contributed by atoms with Crippen LogP contribution in [0.25, 0.3) is 0 Å². The van der Waals surface area contributed by atoms with E-state index in [4.69, 9.17) is 9.47 Å². The molecule has 0 radical (unpaired) electrons. The summed E-state index contributed by atoms with van der Waals surface area (Å²) in [6.45, 7) is 10.2. The largest absolute Gasteiger partial charge is 0.496 e. The van der Waals surface area contributed by atoms with Crippen molar-refractivity contribution < 1.29 is 19.1 Å². The number of rotatable bonds is 8. The van der Waals surface area contributed by atoms with Gasteiger partial charge in [-0.25, -0.2) is 14.5 Å². The Morgan fingerprint density at radius 3 is 2.41 bits per heavy atom. The molecule has 1 N–H and O–H groups in total. The second-order valence-electron chi connectivity index (χ2n) is 8.98. The highest BCUT2D eigenvalue weighted by atomic mass is 16.6. The summed E-state index contributed by atoms with van der Waals surface area (Å²) in [5.74, 6) is 0.957. The highest BCUT2D eigenvalue weighted by molar-refractivity contribution is 5.99. The Balaban J connectivity index is 1.81. The van der Waals surface area contributed by atoms with Crippen LogP contribution in [-0.2, 0) is 17.6 Å². The average Bonchev–Trinajstić information content (AvgIpc) is 2.84. The lowest BCUT2D eigenvalue weighted by atomic mass is 9.87. The quantitative estimate of drug-likeness (QED) is 0.537. The summed E-state index contributed by atoms with van der Waals surface area (Å²) in [5, 5.41) is 2.90. The van der Waals surface area contributed by atoms with E-state index in [2.05, 4.69) is 30.1 Å². The number of fused-ring (bicyclic) bond motifs is 1. The maximum atomic E-state index is 13.4. The molecule has 34 heavy (non-hydrogen) atoms. The standard InChI is InChI=1S/C27H37N3O4/c1-6-29(7-2)22-15-12-21(13-16-22)28-26(31)30(27(32)34-18-19(3)4)23-14-11-20-9-8-10-25(33-5)24(20)17-23/h8-10,12-13,15-16,19,23H,6-7,11,14,17-18H2,1-5H3,(H,28,31). The van der Waals surface area contributed by atoms with Gasteiger partial charge in [0.25, 0.3) is 0 Å². The van der Waals surface area contributed by atoms with E-state index in [0.29, 0.717) is 18.5 Å². The average molecular weight is 468 g/mol. The van der Waals surface area contributed by atoms with Gasteiger partial charge >= 0.3 is 12.1 Å². The van der Waals surface area contributed by atoms with Crippen LogP contribution in [0.3, 0.4) is 0 Å². The van der Waals surface area contributed by atoms with Gasteiger partial charge in [-0.05, 0) is 80.5 Å². The highest BCUT2D eigenvalue weighted by Gasteiger charge is 2.35. The molecule has 0 aromatic heterocycles. The zero-order valence-electron chi connectivity index (χ0n) is 21.0. The Hall–Kier alpha value is -3.22. The third-order valence-corrected chi connectivity index (χ3v) is 6.20. The molecule has 2 aromatic rings. The lowest BCUT2D eigenvalue weighted by Gasteiger charge is -2.33. The lowest BCUT2D eigenvalue weighted by Crippen LogP contribution is -2.49. The Bertz CT molecular complexity index is 956. The van der Waals surface area contributed by atoms with E-state index >= 15 is 0 Å². The van der Waals surface area contributed by atoms with Gasteiger partial charge in [-0.15, -0.1) is 0 Å². The van der Waals surface area contributed by atoms with Gasteiger partial charge in [0.1, 0.15) is 5.75 Å². The summed E-state index contributed by atoms with van der Waals surface area (Å²) in [6, 6.07) is 12.8. The maximum Gasteiger partial charge on any atom is 0.418 e. The molecule has 3 rings (SSSR count). The van der Waals surface area contributed by atoms with E-state index in [1.165, 1.54) is 10.5 Å². The number of anilines is 2. The Kier molecular flexibility index (Phi) is 8.79. The van der Waals surface area contributed by atoms with Crippen molar-refractivity contribution in [1.82, 2.24) is 4.90 Å². The summed E-state index contributed by atoms with van der Waals surface area (Å²) in [7, 11) is 1.64. The molecule has 0 bridgehead atoms. The van der Waals surface area contributed by atoms with Crippen molar-refractivity contribution in [1.29, 1.82) is 0 Å². The number of nitrogens with zero attached hydrogens (tertiary/aromatic N) is 2. The van der Waals surface area contributed by atoms with Gasteiger partial charge in [0.2, 0.25) is 0 Å². The molecule has 2 aromatic carbocycles. The number of urea groups is 1. The summed E-state index contributed by atoms with van der Waals surface area (Å²) in [6.07, 6.45) is 1.35. The number of aryl methyl sites for hydroxylation is 1. The zero-order chi connectivity index (χ0) is 24.7. The van der Waals surface area contributed by atoms with Crippen LogP contribution in [0.2, 0.25) is 0 Å². The summed E-state index contributed by atoms with van der Waals surface area (Å²) in [5.41, 5.74) is 3.96. The molecule has 184 valence electrons. The monoisotopic (exact) mass is 467 g/mol. The number of hydrogen-bond acceptors (Lipinski definition) is 5. The van der Waals surface area contributed by atoms with Crippen molar-refractivity contribution in [2.24, 2.45) is 5.92 Å². The first-order valence-corrected chi connectivity index (χ1v) is 12.1. The molecule has 1 aliphatic rings. The molecule has 3 amide bonds. The summed E-state index contributed by atoms with van der Waals surface area (Å²) >= 11 is 0. The van der Waals surface area contributed by atoms with E-state index in [0.717, 1.165) is 36.5 Å². The second-order valence-corrected chi connectivity index (χ2v) is 8.98. The van der Waals surface area contributed by atoms with Gasteiger partial charge in [-0.1, -0.05) is 26.0 Å². The first kappa shape index (κ1) is 25.4. The van der Waals surface area contributed by atoms with Gasteiger partial charge < -0.3 is 19.7 Å². The summed E-state index contributed by atoms with van der Waals surface area (Å²) in [4.78, 5) is 29.9. The van der Waals surface area contributed by atoms with Gasteiger partial charge in [-0.2, -0.15) is 0 Å². The van der Waals surface area contributed by atoms with Crippen LogP contribution in [-0.4, -0.2) is 49.9 Å². The van der Waals surface area contributed by atoms with Crippen LogP contribution < -0.4 is 15.0 Å². The van der Waals surface area contributed by atoms with Crippen molar-refractivity contribution in [3.63, 3.8) is 0 Å². The molecule has 1 atom stereocenters. The third-order valence-electron chi connectivity index (χ3n) is 6.20. The predicted octanol–water partition coefficient (Wildman–Crippen LogP) is 5.73. The molecule has 1 aliphatic carbocycles. The number of methoxy groups -OCH3 is 1. The lowest BCUT2D eigenvalue weighted by molar-refractivity contribution is 0.0881. The second kappa shape index (κ2) is 11.8. The number of nitrogens with one attached hydrogen (secondary N) is 1. The van der Waals surface area contributed by atoms with Crippen LogP contribution in [0.5, 0.6) is 5.75 Å². The van der Waals surface area contributed by atoms with Gasteiger partial charge in [0, 0.05) is 30.5 Å². The van der Waals surface area contributed by atoms with Crippen molar-refractivity contribution in [3.8, 4) is 5.75 Å². The van der Waals surface area contributed by atoms with Crippen molar-refractivity contribution in [2.45, 2.75) is 53.0 Å². The van der Waals surface area contributed by atoms with Gasteiger partial charge in [0.15, 0.2) is 0 Å². The summed E-state index contributed by atoms with van der Waals surface area (Å²) < 4.78 is 11.0. The molecular weight excluding hydrogens is 430 g/mol. The number of amides is 3. The number of imide groups is 1. The number of hydrogen-bond donors (Lipinski definition) is 1. The van der Waals surface area contributed by atoms with E-state index in [1.807, 2.05) is 50.2 Å². The molecule has 0 fully saturated rings. The minimum atomic E-state index is -0.616. The number of carbonyl (C=O) groups excluding carboxylic acids is 2. The normalized spacial score (nSPS) is 14.8. The van der Waals surface area contributed by atoms with Crippen molar-refractivity contribution in [2.75, 3.05) is 37.0 Å². The highest BCUT2D eigenvalue weighted by Crippen LogP contribution is 2.32. The maximum absolute atomic E-state index is 13.4. The smallest absolute Gasteiger partial charge is 0.418 e. The van der Waals surface area contributed by atoms with E-state index < -0.39 is 12.1 Å². The molecule has 7 heteroatoms. The number of benzene rings is 2. The SMILES string of the molecule is CCN(CC)c1ccc(NC(=O)N(C(=O)OCC(C)C)C2CCc3cccc(OC)c3C2)cc1. The topological polar surface area (TPSA) is 71.1 Å². The Morgan fingerprint density at radius 1 is 1.09 bits per heavy atom. The van der Waals surface area contributed by atoms with Gasteiger partial charge in [-0.3, -0.25) is 0 Å². The van der Waals surface area contributed by atoms with E-state index in [-0.39, 0.29) is 18.6 Å². The van der Waals surface area contributed by atoms with E-state index in [9.17, 15) is 9.59 Å². The number of carbonyl (C=O) groups is 2. The van der Waals surface area contributed by atoms with Crippen LogP contribution in [0.1, 0.15) is 45.2 Å². The van der Waals surface area contributed by atoms with Crippen LogP contribution in [0.15, 0.2) is 42.5 Å². The fourth-order valence-corrected chi connectivity index (χ4v) is 4.38. The zero-order valence-corrected chi connectivity index (χ0v) is 21.0. The molecule has 0 spiro atoms. The van der Waals surface area contributed by atoms with E-state index in [1.54, 1.807) is 7.11 Å². The first-order chi connectivity index (χ1) is 16.4. The first-order valence-electron chi connectivity index (χ1n) is 12.1. The van der Waals surface area contributed by atoms with Crippen LogP contribution >= 0.6 is 0 Å². The fraction of sp³-hybridized carbons (Fsp3) is 0.481. The Morgan fingerprint density at radius 2 is 1.79 bits per heavy atom. The number of ether oxygens (including phenoxy) is 2. The molecule has 0 heterocycles. The molecular formula is C27H37N3O4. The third kappa shape index (κ3) is 6.01.